The summed E-state index contributed by atoms with van der Waals surface area (Å²) in [5.41, 5.74) is 2.39. The number of nitrogens with zero attached hydrogens (tertiary/aromatic N) is 1. The van der Waals surface area contributed by atoms with Gasteiger partial charge >= 0.3 is 12.1 Å². The van der Waals surface area contributed by atoms with Crippen LogP contribution in [0.25, 0.3) is 0 Å². The van der Waals surface area contributed by atoms with Crippen LogP contribution >= 0.6 is 0 Å². The van der Waals surface area contributed by atoms with Gasteiger partial charge < -0.3 is 13.9 Å². The molecule has 160 valence electrons. The van der Waals surface area contributed by atoms with Gasteiger partial charge in [-0.15, -0.1) is 0 Å². The molecule has 1 aromatic rings. The van der Waals surface area contributed by atoms with Crippen molar-refractivity contribution < 1.29 is 23.5 Å². The fourth-order valence-corrected chi connectivity index (χ4v) is 6.40. The van der Waals surface area contributed by atoms with Crippen LogP contribution in [-0.4, -0.2) is 45.0 Å². The van der Waals surface area contributed by atoms with Gasteiger partial charge in [-0.2, -0.15) is 0 Å². The van der Waals surface area contributed by atoms with Gasteiger partial charge in [0.15, 0.2) is 8.32 Å². The molecule has 1 fully saturated rings. The van der Waals surface area contributed by atoms with E-state index in [0.717, 1.165) is 29.3 Å². The van der Waals surface area contributed by atoms with E-state index in [4.69, 9.17) is 13.9 Å². The van der Waals surface area contributed by atoms with Crippen molar-refractivity contribution >= 4 is 20.4 Å². The fourth-order valence-electron chi connectivity index (χ4n) is 3.58. The Balaban J connectivity index is 2.42. The van der Waals surface area contributed by atoms with Crippen LogP contribution < -0.4 is 0 Å². The molecule has 0 aliphatic carbocycles. The third-order valence-corrected chi connectivity index (χ3v) is 10.4. The molecular formula is C22H33NO5Si. The predicted molar refractivity (Wildman–Crippen MR) is 115 cm³/mol. The smallest absolute Gasteiger partial charge is 0.414 e. The lowest BCUT2D eigenvalue weighted by Crippen LogP contribution is -2.38. The van der Waals surface area contributed by atoms with E-state index < -0.39 is 8.32 Å². The van der Waals surface area contributed by atoms with Crippen molar-refractivity contribution in [2.75, 3.05) is 13.7 Å². The first-order valence-corrected chi connectivity index (χ1v) is 12.8. The number of rotatable bonds is 9. The molecule has 0 N–H and O–H groups in total. The van der Waals surface area contributed by atoms with Crippen LogP contribution in [0, 0.1) is 0 Å². The zero-order valence-corrected chi connectivity index (χ0v) is 19.4. The molecule has 0 saturated carbocycles. The molecule has 1 aliphatic rings. The Bertz CT molecular complexity index is 734. The van der Waals surface area contributed by atoms with Gasteiger partial charge in [-0.05, 0) is 55.2 Å². The van der Waals surface area contributed by atoms with Crippen LogP contribution in [-0.2, 0) is 13.9 Å². The third kappa shape index (κ3) is 5.28. The highest BCUT2D eigenvalue weighted by atomic mass is 28.4. The van der Waals surface area contributed by atoms with Gasteiger partial charge in [-0.3, -0.25) is 4.90 Å². The van der Waals surface area contributed by atoms with Crippen LogP contribution in [0.4, 0.5) is 4.79 Å². The SMILES string of the molecule is CC[Si](CC)(CC)O[C@H](/C(C)=C/N1C(=O)OC[C@@H]1C)c1ccc(C(=O)OC)cc1. The topological polar surface area (TPSA) is 65.1 Å². The summed E-state index contributed by atoms with van der Waals surface area (Å²) in [7, 11) is -0.555. The third-order valence-electron chi connectivity index (χ3n) is 5.83. The summed E-state index contributed by atoms with van der Waals surface area (Å²) >= 11 is 0. The molecule has 7 heteroatoms. The van der Waals surface area contributed by atoms with E-state index in [1.165, 1.54) is 7.11 Å². The van der Waals surface area contributed by atoms with E-state index in [1.54, 1.807) is 17.0 Å². The molecule has 6 nitrogen and oxygen atoms in total. The second-order valence-corrected chi connectivity index (χ2v) is 12.3. The van der Waals surface area contributed by atoms with Crippen molar-refractivity contribution in [3.63, 3.8) is 0 Å². The molecule has 0 radical (unpaired) electrons. The zero-order chi connectivity index (χ0) is 21.6. The molecule has 1 saturated heterocycles. The van der Waals surface area contributed by atoms with E-state index in [9.17, 15) is 9.59 Å². The Morgan fingerprint density at radius 1 is 1.24 bits per heavy atom. The van der Waals surface area contributed by atoms with Gasteiger partial charge in [0, 0.05) is 6.20 Å². The average molecular weight is 420 g/mol. The molecule has 1 aromatic carbocycles. The Labute approximate surface area is 175 Å². The first-order chi connectivity index (χ1) is 13.8. The molecule has 0 spiro atoms. The molecule has 2 rings (SSSR count). The second-order valence-electron chi connectivity index (χ2n) is 7.56. The van der Waals surface area contributed by atoms with Crippen LogP contribution in [0.1, 0.15) is 56.6 Å². The lowest BCUT2D eigenvalue weighted by molar-refractivity contribution is 0.0600. The highest BCUT2D eigenvalue weighted by Gasteiger charge is 2.34. The quantitative estimate of drug-likeness (QED) is 0.402. The summed E-state index contributed by atoms with van der Waals surface area (Å²) in [6.07, 6.45) is 1.23. The molecular weight excluding hydrogens is 386 g/mol. The maximum atomic E-state index is 12.1. The Hall–Kier alpha value is -2.12. The number of hydrogen-bond acceptors (Lipinski definition) is 5. The minimum absolute atomic E-state index is 0.00896. The number of hydrogen-bond donors (Lipinski definition) is 0. The summed E-state index contributed by atoms with van der Waals surface area (Å²) in [6.45, 7) is 10.9. The number of cyclic esters (lactones) is 1. The van der Waals surface area contributed by atoms with E-state index in [2.05, 4.69) is 20.8 Å². The van der Waals surface area contributed by atoms with Crippen molar-refractivity contribution in [2.24, 2.45) is 0 Å². The van der Waals surface area contributed by atoms with Gasteiger partial charge in [-0.25, -0.2) is 9.59 Å². The van der Waals surface area contributed by atoms with E-state index in [-0.39, 0.29) is 24.2 Å². The second kappa shape index (κ2) is 10.1. The number of methoxy groups -OCH3 is 1. The molecule has 0 bridgehead atoms. The van der Waals surface area contributed by atoms with Gasteiger partial charge in [0.1, 0.15) is 6.61 Å². The van der Waals surface area contributed by atoms with Crippen LogP contribution in [0.2, 0.25) is 18.1 Å². The lowest BCUT2D eigenvalue weighted by atomic mass is 10.0. The van der Waals surface area contributed by atoms with Crippen LogP contribution in [0.3, 0.4) is 0 Å². The maximum absolute atomic E-state index is 12.1. The zero-order valence-electron chi connectivity index (χ0n) is 18.4. The van der Waals surface area contributed by atoms with E-state index >= 15 is 0 Å². The minimum Gasteiger partial charge on any atom is -0.465 e. The molecule has 29 heavy (non-hydrogen) atoms. The molecule has 1 amide bonds. The Morgan fingerprint density at radius 2 is 1.83 bits per heavy atom. The van der Waals surface area contributed by atoms with E-state index in [0.29, 0.717) is 12.2 Å². The molecule has 2 atom stereocenters. The predicted octanol–water partition coefficient (Wildman–Crippen LogP) is 5.28. The fraction of sp³-hybridized carbons (Fsp3) is 0.545. The molecule has 1 heterocycles. The lowest BCUT2D eigenvalue weighted by Gasteiger charge is -2.34. The Kier molecular flexibility index (Phi) is 8.04. The molecule has 1 aliphatic heterocycles. The molecule has 0 aromatic heterocycles. The summed E-state index contributed by atoms with van der Waals surface area (Å²) in [6, 6.07) is 10.4. The van der Waals surface area contributed by atoms with Crippen molar-refractivity contribution in [1.82, 2.24) is 4.90 Å². The number of amides is 1. The average Bonchev–Trinajstić information content (AvgIpc) is 3.06. The summed E-state index contributed by atoms with van der Waals surface area (Å²) in [5.74, 6) is -0.366. The van der Waals surface area contributed by atoms with Gasteiger partial charge in [-0.1, -0.05) is 32.9 Å². The number of benzene rings is 1. The highest BCUT2D eigenvalue weighted by molar-refractivity contribution is 6.73. The van der Waals surface area contributed by atoms with Gasteiger partial charge in [0.25, 0.3) is 0 Å². The number of carbonyl (C=O) groups excluding carboxylic acids is 2. The number of esters is 1. The van der Waals surface area contributed by atoms with Crippen molar-refractivity contribution in [3.8, 4) is 0 Å². The van der Waals surface area contributed by atoms with Crippen molar-refractivity contribution in [2.45, 2.75) is 64.9 Å². The first kappa shape index (κ1) is 23.2. The Morgan fingerprint density at radius 3 is 2.28 bits per heavy atom. The number of ether oxygens (including phenoxy) is 2. The first-order valence-electron chi connectivity index (χ1n) is 10.3. The standard InChI is InChI=1S/C22H33NO5Si/c1-7-29(8-2,9-3)28-20(16(4)14-23-17(5)15-27-22(23)25)18-10-12-19(13-11-18)21(24)26-6/h10-14,17,20H,7-9,15H2,1-6H3/b16-14+/t17-,20+/m0/s1. The highest BCUT2D eigenvalue weighted by Crippen LogP contribution is 2.35. The summed E-state index contributed by atoms with van der Waals surface area (Å²) < 4.78 is 16.8. The van der Waals surface area contributed by atoms with Crippen molar-refractivity contribution in [1.29, 1.82) is 0 Å². The van der Waals surface area contributed by atoms with Crippen molar-refractivity contribution in [3.05, 3.63) is 47.2 Å². The van der Waals surface area contributed by atoms with Gasteiger partial charge in [0.2, 0.25) is 0 Å². The summed E-state index contributed by atoms with van der Waals surface area (Å²) in [5, 5.41) is 0. The minimum atomic E-state index is -1.93. The largest absolute Gasteiger partial charge is 0.465 e. The van der Waals surface area contributed by atoms with Crippen LogP contribution in [0.15, 0.2) is 36.0 Å². The van der Waals surface area contributed by atoms with Crippen LogP contribution in [0.5, 0.6) is 0 Å². The summed E-state index contributed by atoms with van der Waals surface area (Å²) in [4.78, 5) is 25.5. The van der Waals surface area contributed by atoms with Gasteiger partial charge in [0.05, 0.1) is 24.8 Å². The van der Waals surface area contributed by atoms with E-state index in [1.807, 2.05) is 32.2 Å². The maximum Gasteiger partial charge on any atom is 0.414 e. The number of carbonyl (C=O) groups is 2. The molecule has 0 unspecified atom stereocenters. The normalized spacial score (nSPS) is 18.6. The monoisotopic (exact) mass is 419 g/mol.